The summed E-state index contributed by atoms with van der Waals surface area (Å²) in [6.45, 7) is 1.72. The van der Waals surface area contributed by atoms with Crippen LogP contribution in [0.2, 0.25) is 0 Å². The molecule has 1 spiro atoms. The SMILES string of the molecule is O=C(NC1CCC(Nc2nccc(Nc3cc(C4CCCC4)[nH]n3)n2)CC1)NC1CC2(COC2)C1. The van der Waals surface area contributed by atoms with Gasteiger partial charge in [-0.15, -0.1) is 0 Å². The van der Waals surface area contributed by atoms with Crippen LogP contribution in [0, 0.1) is 5.41 Å². The van der Waals surface area contributed by atoms with Gasteiger partial charge in [0.1, 0.15) is 5.82 Å². The highest BCUT2D eigenvalue weighted by atomic mass is 16.5. The third-order valence-corrected chi connectivity index (χ3v) is 8.21. The molecule has 2 amide bonds. The number of amides is 2. The first-order chi connectivity index (χ1) is 17.1. The largest absolute Gasteiger partial charge is 0.380 e. The molecule has 1 aliphatic heterocycles. The van der Waals surface area contributed by atoms with Gasteiger partial charge in [-0.25, -0.2) is 9.78 Å². The quantitative estimate of drug-likeness (QED) is 0.408. The first-order valence-electron chi connectivity index (χ1n) is 13.2. The molecule has 35 heavy (non-hydrogen) atoms. The second-order valence-electron chi connectivity index (χ2n) is 11.0. The van der Waals surface area contributed by atoms with Gasteiger partial charge in [-0.05, 0) is 57.4 Å². The lowest BCUT2D eigenvalue weighted by atomic mass is 9.64. The normalized spacial score (nSPS) is 26.1. The predicted molar refractivity (Wildman–Crippen MR) is 133 cm³/mol. The van der Waals surface area contributed by atoms with Gasteiger partial charge in [0.05, 0.1) is 13.2 Å². The van der Waals surface area contributed by atoms with Crippen molar-refractivity contribution in [2.45, 2.75) is 88.3 Å². The molecule has 5 N–H and O–H groups in total. The third-order valence-electron chi connectivity index (χ3n) is 8.21. The summed E-state index contributed by atoms with van der Waals surface area (Å²) in [6.07, 6.45) is 12.8. The monoisotopic (exact) mass is 480 g/mol. The van der Waals surface area contributed by atoms with Crippen molar-refractivity contribution in [2.24, 2.45) is 5.41 Å². The molecule has 2 aromatic heterocycles. The van der Waals surface area contributed by atoms with Crippen molar-refractivity contribution >= 4 is 23.6 Å². The highest BCUT2D eigenvalue weighted by Gasteiger charge is 2.50. The standard InChI is InChI=1S/C25H36N8O2/c34-24(29-19-12-25(13-19)14-35-15-25)28-18-7-5-17(6-8-18)27-23-26-10-9-21(31-23)30-22-11-20(32-33-22)16-3-1-2-4-16/h9-11,16-19H,1-8,12-15H2,(H2,28,29,34)(H3,26,27,30,31,32,33). The molecule has 3 aliphatic carbocycles. The fraction of sp³-hybridized carbons (Fsp3) is 0.680. The first-order valence-corrected chi connectivity index (χ1v) is 13.2. The molecule has 10 heteroatoms. The van der Waals surface area contributed by atoms with Crippen molar-refractivity contribution < 1.29 is 9.53 Å². The van der Waals surface area contributed by atoms with Gasteiger partial charge in [0.2, 0.25) is 5.95 Å². The first kappa shape index (κ1) is 22.6. The summed E-state index contributed by atoms with van der Waals surface area (Å²) in [5.74, 6) is 2.74. The molecule has 3 saturated carbocycles. The van der Waals surface area contributed by atoms with Gasteiger partial charge in [0, 0.05) is 47.4 Å². The van der Waals surface area contributed by atoms with E-state index in [0.717, 1.165) is 63.4 Å². The van der Waals surface area contributed by atoms with Crippen LogP contribution < -0.4 is 21.3 Å². The average Bonchev–Trinajstić information content (AvgIpc) is 3.48. The Kier molecular flexibility index (Phi) is 6.22. The minimum absolute atomic E-state index is 0.0296. The maximum Gasteiger partial charge on any atom is 0.315 e. The maximum absolute atomic E-state index is 12.4. The van der Waals surface area contributed by atoms with Gasteiger partial charge in [0.15, 0.2) is 5.82 Å². The van der Waals surface area contributed by atoms with Gasteiger partial charge >= 0.3 is 6.03 Å². The van der Waals surface area contributed by atoms with E-state index in [0.29, 0.717) is 29.4 Å². The summed E-state index contributed by atoms with van der Waals surface area (Å²) in [7, 11) is 0. The van der Waals surface area contributed by atoms with Crippen LogP contribution in [0.4, 0.5) is 22.4 Å². The number of aromatic nitrogens is 4. The Morgan fingerprint density at radius 3 is 2.46 bits per heavy atom. The summed E-state index contributed by atoms with van der Waals surface area (Å²) >= 11 is 0. The molecular formula is C25H36N8O2. The van der Waals surface area contributed by atoms with E-state index in [9.17, 15) is 4.79 Å². The number of aromatic amines is 1. The minimum Gasteiger partial charge on any atom is -0.380 e. The van der Waals surface area contributed by atoms with E-state index in [1.807, 2.05) is 6.07 Å². The van der Waals surface area contributed by atoms with Gasteiger partial charge in [0.25, 0.3) is 0 Å². The zero-order valence-corrected chi connectivity index (χ0v) is 20.2. The number of H-pyrrole nitrogens is 1. The average molecular weight is 481 g/mol. The van der Waals surface area contributed by atoms with Crippen molar-refractivity contribution in [3.8, 4) is 0 Å². The number of hydrogen-bond acceptors (Lipinski definition) is 7. The molecule has 3 heterocycles. The van der Waals surface area contributed by atoms with E-state index in [1.165, 1.54) is 31.4 Å². The zero-order chi connectivity index (χ0) is 23.7. The molecule has 0 atom stereocenters. The van der Waals surface area contributed by atoms with Crippen LogP contribution in [0.3, 0.4) is 0 Å². The molecule has 1 saturated heterocycles. The zero-order valence-electron chi connectivity index (χ0n) is 20.2. The molecular weight excluding hydrogens is 444 g/mol. The smallest absolute Gasteiger partial charge is 0.315 e. The van der Waals surface area contributed by atoms with Crippen LogP contribution in [0.5, 0.6) is 0 Å². The van der Waals surface area contributed by atoms with Crippen LogP contribution in [0.1, 0.15) is 75.8 Å². The van der Waals surface area contributed by atoms with Crippen molar-refractivity contribution in [1.82, 2.24) is 30.8 Å². The lowest BCUT2D eigenvalue weighted by molar-refractivity contribution is -0.165. The number of rotatable bonds is 7. The molecule has 0 aromatic carbocycles. The van der Waals surface area contributed by atoms with Crippen LogP contribution in [-0.4, -0.2) is 57.5 Å². The third kappa shape index (κ3) is 5.22. The van der Waals surface area contributed by atoms with Gasteiger partial charge in [-0.3, -0.25) is 5.10 Å². The number of carbonyl (C=O) groups excluding carboxylic acids is 1. The van der Waals surface area contributed by atoms with Crippen molar-refractivity contribution in [2.75, 3.05) is 23.8 Å². The summed E-state index contributed by atoms with van der Waals surface area (Å²) in [4.78, 5) is 21.4. The summed E-state index contributed by atoms with van der Waals surface area (Å²) in [5, 5.41) is 20.7. The van der Waals surface area contributed by atoms with E-state index in [2.05, 4.69) is 47.5 Å². The van der Waals surface area contributed by atoms with Crippen molar-refractivity contribution in [1.29, 1.82) is 0 Å². The van der Waals surface area contributed by atoms with Crippen molar-refractivity contribution in [3.05, 3.63) is 24.0 Å². The Labute approximate surface area is 205 Å². The highest BCUT2D eigenvalue weighted by Crippen LogP contribution is 2.46. The second kappa shape index (κ2) is 9.64. The molecule has 6 rings (SSSR count). The summed E-state index contributed by atoms with van der Waals surface area (Å²) in [5.41, 5.74) is 1.58. The van der Waals surface area contributed by atoms with E-state index in [4.69, 9.17) is 4.74 Å². The van der Waals surface area contributed by atoms with Crippen LogP contribution in [0.25, 0.3) is 0 Å². The Hall–Kier alpha value is -2.88. The van der Waals surface area contributed by atoms with Crippen LogP contribution in [-0.2, 0) is 4.74 Å². The molecule has 188 valence electrons. The predicted octanol–water partition coefficient (Wildman–Crippen LogP) is 3.80. The second-order valence-corrected chi connectivity index (χ2v) is 11.0. The number of hydrogen-bond donors (Lipinski definition) is 5. The number of nitrogens with zero attached hydrogens (tertiary/aromatic N) is 3. The van der Waals surface area contributed by atoms with Gasteiger partial charge < -0.3 is 26.0 Å². The molecule has 4 aliphatic rings. The fourth-order valence-electron chi connectivity index (χ4n) is 6.17. The topological polar surface area (TPSA) is 129 Å². The highest BCUT2D eigenvalue weighted by molar-refractivity contribution is 5.74. The summed E-state index contributed by atoms with van der Waals surface area (Å²) in [6, 6.07) is 4.74. The number of nitrogens with one attached hydrogen (secondary N) is 5. The molecule has 0 bridgehead atoms. The Bertz CT molecular complexity index is 1020. The van der Waals surface area contributed by atoms with Gasteiger partial charge in [-0.2, -0.15) is 10.1 Å². The molecule has 10 nitrogen and oxygen atoms in total. The Morgan fingerprint density at radius 1 is 0.971 bits per heavy atom. The summed E-state index contributed by atoms with van der Waals surface area (Å²) < 4.78 is 5.31. The molecule has 2 aromatic rings. The van der Waals surface area contributed by atoms with Crippen LogP contribution in [0.15, 0.2) is 18.3 Å². The van der Waals surface area contributed by atoms with E-state index in [1.54, 1.807) is 6.20 Å². The van der Waals surface area contributed by atoms with Crippen molar-refractivity contribution in [3.63, 3.8) is 0 Å². The number of ether oxygens (including phenoxy) is 1. The number of urea groups is 1. The maximum atomic E-state index is 12.4. The van der Waals surface area contributed by atoms with E-state index in [-0.39, 0.29) is 12.1 Å². The van der Waals surface area contributed by atoms with Gasteiger partial charge in [-0.1, -0.05) is 12.8 Å². The van der Waals surface area contributed by atoms with Crippen LogP contribution >= 0.6 is 0 Å². The molecule has 4 fully saturated rings. The lowest BCUT2D eigenvalue weighted by Crippen LogP contribution is -2.61. The number of anilines is 3. The minimum atomic E-state index is -0.0296. The fourth-order valence-corrected chi connectivity index (χ4v) is 6.17. The van der Waals surface area contributed by atoms with E-state index >= 15 is 0 Å². The molecule has 0 radical (unpaired) electrons. The van der Waals surface area contributed by atoms with E-state index < -0.39 is 0 Å². The Balaban J connectivity index is 0.937. The molecule has 0 unspecified atom stereocenters. The lowest BCUT2D eigenvalue weighted by Gasteiger charge is -2.53. The Morgan fingerprint density at radius 2 is 1.71 bits per heavy atom. The number of carbonyl (C=O) groups is 1.